The summed E-state index contributed by atoms with van der Waals surface area (Å²) in [7, 11) is 0. The molecule has 0 radical (unpaired) electrons. The molecule has 5 nitrogen and oxygen atoms in total. The van der Waals surface area contributed by atoms with Gasteiger partial charge in [0.05, 0.1) is 5.69 Å². The zero-order chi connectivity index (χ0) is 21.2. The van der Waals surface area contributed by atoms with Gasteiger partial charge in [0.2, 0.25) is 0 Å². The van der Waals surface area contributed by atoms with Crippen LogP contribution in [0.4, 0.5) is 8.78 Å². The van der Waals surface area contributed by atoms with Gasteiger partial charge in [-0.1, -0.05) is 0 Å². The first kappa shape index (κ1) is 21.8. The van der Waals surface area contributed by atoms with Crippen LogP contribution in [0.15, 0.2) is 18.2 Å². The summed E-state index contributed by atoms with van der Waals surface area (Å²) in [6.07, 6.45) is 0. The molecule has 1 amide bonds. The number of halogens is 2. The van der Waals surface area contributed by atoms with Crippen LogP contribution in [0.3, 0.4) is 0 Å². The smallest absolute Gasteiger partial charge is 0.275 e. The maximum atomic E-state index is 13.6. The molecule has 0 spiro atoms. The topological polar surface area (TPSA) is 50.9 Å². The third-order valence-electron chi connectivity index (χ3n) is 5.02. The van der Waals surface area contributed by atoms with Crippen molar-refractivity contribution in [3.63, 3.8) is 0 Å². The number of aryl methyl sites for hydroxylation is 1. The molecule has 2 aromatic rings. The Hall–Kier alpha value is -1.90. The van der Waals surface area contributed by atoms with Crippen molar-refractivity contribution < 1.29 is 23.4 Å². The molecule has 3 N–H and O–H groups in total. The van der Waals surface area contributed by atoms with E-state index in [1.165, 1.54) is 15.9 Å². The summed E-state index contributed by atoms with van der Waals surface area (Å²) >= 11 is 1.61. The number of carbonyl (C=O) groups is 1. The molecule has 1 fully saturated rings. The van der Waals surface area contributed by atoms with Gasteiger partial charge in [0, 0.05) is 16.0 Å². The van der Waals surface area contributed by atoms with Crippen molar-refractivity contribution in [2.45, 2.75) is 39.8 Å². The van der Waals surface area contributed by atoms with Crippen LogP contribution < -0.4 is 15.1 Å². The van der Waals surface area contributed by atoms with E-state index >= 15 is 0 Å². The number of aromatic nitrogens is 1. The fourth-order valence-electron chi connectivity index (χ4n) is 3.65. The fraction of sp³-hybridized carbons (Fsp3) is 0.524. The lowest BCUT2D eigenvalue weighted by Crippen LogP contribution is -3.28. The number of amides is 1. The molecular weight excluding hydrogens is 394 g/mol. The van der Waals surface area contributed by atoms with Crippen LogP contribution in [0, 0.1) is 18.6 Å². The van der Waals surface area contributed by atoms with Crippen molar-refractivity contribution in [1.29, 1.82) is 0 Å². The highest BCUT2D eigenvalue weighted by atomic mass is 32.1. The third-order valence-corrected chi connectivity index (χ3v) is 6.00. The molecule has 1 aliphatic rings. The molecule has 1 aliphatic heterocycles. The Morgan fingerprint density at radius 2 is 1.79 bits per heavy atom. The molecular formula is C21H30F2N4OS+2. The largest absolute Gasteiger partial charge is 0.347 e. The monoisotopic (exact) mass is 424 g/mol. The van der Waals surface area contributed by atoms with Crippen molar-refractivity contribution in [3.05, 3.63) is 39.7 Å². The number of quaternary nitrogens is 2. The van der Waals surface area contributed by atoms with Crippen LogP contribution in [-0.2, 0) is 11.3 Å². The Kier molecular flexibility index (Phi) is 6.65. The lowest BCUT2D eigenvalue weighted by molar-refractivity contribution is -1.02. The number of nitrogens with zero attached hydrogens (tertiary/aromatic N) is 1. The SMILES string of the molecule is Cc1sc(C[NH+]2CC[NH+](CC(=O)NC(C)(C)C)CC2)nc1-c1ccc(F)c(F)c1. The molecule has 158 valence electrons. The van der Waals surface area contributed by atoms with Gasteiger partial charge in [-0.05, 0) is 45.9 Å². The molecule has 0 unspecified atom stereocenters. The first-order valence-electron chi connectivity index (χ1n) is 10.0. The second-order valence-electron chi connectivity index (χ2n) is 8.79. The Morgan fingerprint density at radius 3 is 2.41 bits per heavy atom. The predicted octanol–water partition coefficient (Wildman–Crippen LogP) is 0.595. The van der Waals surface area contributed by atoms with Crippen LogP contribution >= 0.6 is 11.3 Å². The highest BCUT2D eigenvalue weighted by Crippen LogP contribution is 2.28. The lowest BCUT2D eigenvalue weighted by Gasteiger charge is -2.29. The first-order valence-corrected chi connectivity index (χ1v) is 10.8. The zero-order valence-electron chi connectivity index (χ0n) is 17.5. The van der Waals surface area contributed by atoms with E-state index in [0.717, 1.165) is 54.4 Å². The fourth-order valence-corrected chi connectivity index (χ4v) is 4.68. The van der Waals surface area contributed by atoms with E-state index in [-0.39, 0.29) is 11.4 Å². The summed E-state index contributed by atoms with van der Waals surface area (Å²) in [5.41, 5.74) is 1.14. The number of nitrogens with one attached hydrogen (secondary N) is 3. The van der Waals surface area contributed by atoms with E-state index in [1.807, 2.05) is 27.7 Å². The number of hydrogen-bond donors (Lipinski definition) is 3. The molecule has 0 saturated carbocycles. The van der Waals surface area contributed by atoms with Crippen molar-refractivity contribution >= 4 is 17.2 Å². The van der Waals surface area contributed by atoms with Gasteiger partial charge < -0.3 is 15.1 Å². The Balaban J connectivity index is 1.54. The van der Waals surface area contributed by atoms with Crippen molar-refractivity contribution in [1.82, 2.24) is 10.3 Å². The molecule has 0 atom stereocenters. The summed E-state index contributed by atoms with van der Waals surface area (Å²) in [6.45, 7) is 13.1. The summed E-state index contributed by atoms with van der Waals surface area (Å²) in [5, 5.41) is 4.03. The zero-order valence-corrected chi connectivity index (χ0v) is 18.3. The van der Waals surface area contributed by atoms with Gasteiger partial charge in [-0.15, -0.1) is 11.3 Å². The maximum Gasteiger partial charge on any atom is 0.275 e. The molecule has 0 bridgehead atoms. The van der Waals surface area contributed by atoms with Gasteiger partial charge in [-0.2, -0.15) is 0 Å². The van der Waals surface area contributed by atoms with Crippen LogP contribution in [0.2, 0.25) is 0 Å². The van der Waals surface area contributed by atoms with E-state index in [1.54, 1.807) is 17.4 Å². The second kappa shape index (κ2) is 8.85. The molecule has 8 heteroatoms. The van der Waals surface area contributed by atoms with Crippen molar-refractivity contribution in [2.24, 2.45) is 0 Å². The van der Waals surface area contributed by atoms with E-state index in [2.05, 4.69) is 5.32 Å². The minimum atomic E-state index is -0.850. The normalized spacial score (nSPS) is 19.9. The van der Waals surface area contributed by atoms with Gasteiger partial charge in [-0.3, -0.25) is 4.79 Å². The standard InChI is InChI=1S/C21H28F2N4OS/c1-14-20(15-5-6-16(22)17(23)11-15)24-19(29-14)13-27-9-7-26(8-10-27)12-18(28)25-21(2,3)4/h5-6,11H,7-10,12-13H2,1-4H3,(H,25,28)/p+2. The molecule has 1 aromatic carbocycles. The van der Waals surface area contributed by atoms with Crippen LogP contribution in [0.5, 0.6) is 0 Å². The molecule has 0 aliphatic carbocycles. The number of rotatable bonds is 5. The Bertz CT molecular complexity index is 870. The summed E-state index contributed by atoms with van der Waals surface area (Å²) < 4.78 is 26.8. The van der Waals surface area contributed by atoms with E-state index in [4.69, 9.17) is 4.98 Å². The molecule has 1 saturated heterocycles. The molecule has 2 heterocycles. The van der Waals surface area contributed by atoms with Crippen molar-refractivity contribution in [3.8, 4) is 11.3 Å². The number of benzene rings is 1. The number of piperazine rings is 1. The molecule has 1 aromatic heterocycles. The maximum absolute atomic E-state index is 13.6. The molecule has 29 heavy (non-hydrogen) atoms. The minimum Gasteiger partial charge on any atom is -0.347 e. The minimum absolute atomic E-state index is 0.0997. The summed E-state index contributed by atoms with van der Waals surface area (Å²) in [5.74, 6) is -1.60. The van der Waals surface area contributed by atoms with Gasteiger partial charge in [-0.25, -0.2) is 13.8 Å². The highest BCUT2D eigenvalue weighted by molar-refractivity contribution is 7.12. The lowest BCUT2D eigenvalue weighted by atomic mass is 10.1. The van der Waals surface area contributed by atoms with E-state index < -0.39 is 11.6 Å². The van der Waals surface area contributed by atoms with Crippen LogP contribution in [-0.4, -0.2) is 49.2 Å². The Labute approximate surface area is 174 Å². The van der Waals surface area contributed by atoms with Gasteiger partial charge in [0.15, 0.2) is 18.2 Å². The molecule has 3 rings (SSSR count). The number of hydrogen-bond acceptors (Lipinski definition) is 3. The van der Waals surface area contributed by atoms with Gasteiger partial charge in [0.1, 0.15) is 37.7 Å². The summed E-state index contributed by atoms with van der Waals surface area (Å²) in [4.78, 5) is 20.6. The van der Waals surface area contributed by atoms with E-state index in [9.17, 15) is 13.6 Å². The van der Waals surface area contributed by atoms with Crippen molar-refractivity contribution in [2.75, 3.05) is 32.7 Å². The Morgan fingerprint density at radius 1 is 1.14 bits per heavy atom. The number of thiazole rings is 1. The van der Waals surface area contributed by atoms with Crippen LogP contribution in [0.25, 0.3) is 11.3 Å². The predicted molar refractivity (Wildman–Crippen MR) is 110 cm³/mol. The average Bonchev–Trinajstić information content (AvgIpc) is 2.97. The van der Waals surface area contributed by atoms with Gasteiger partial charge >= 0.3 is 0 Å². The highest BCUT2D eigenvalue weighted by Gasteiger charge is 2.27. The first-order chi connectivity index (χ1) is 13.6. The summed E-state index contributed by atoms with van der Waals surface area (Å²) in [6, 6.07) is 3.92. The third kappa shape index (κ3) is 6.04. The quantitative estimate of drug-likeness (QED) is 0.658. The van der Waals surface area contributed by atoms with E-state index in [0.29, 0.717) is 12.1 Å². The number of carbonyl (C=O) groups excluding carboxylic acids is 1. The average molecular weight is 425 g/mol. The van der Waals surface area contributed by atoms with Crippen LogP contribution in [0.1, 0.15) is 30.7 Å². The van der Waals surface area contributed by atoms with Gasteiger partial charge in [0.25, 0.3) is 5.91 Å². The second-order valence-corrected chi connectivity index (χ2v) is 10.1.